The Balaban J connectivity index is 1.40. The Morgan fingerprint density at radius 1 is 1.16 bits per heavy atom. The van der Waals surface area contributed by atoms with Crippen LogP contribution in [0, 0.1) is 17.2 Å². The van der Waals surface area contributed by atoms with E-state index in [-0.39, 0.29) is 5.82 Å². The first kappa shape index (κ1) is 16.8. The highest BCUT2D eigenvalue weighted by Crippen LogP contribution is 2.50. The van der Waals surface area contributed by atoms with Crippen LogP contribution in [0.4, 0.5) is 10.2 Å². The van der Waals surface area contributed by atoms with E-state index in [1.807, 2.05) is 6.20 Å². The molecule has 2 aromatic rings. The van der Waals surface area contributed by atoms with Crippen LogP contribution in [0.2, 0.25) is 0 Å². The molecule has 132 valence electrons. The van der Waals surface area contributed by atoms with E-state index >= 15 is 0 Å². The number of halogens is 1. The lowest BCUT2D eigenvalue weighted by Gasteiger charge is -2.42. The van der Waals surface area contributed by atoms with Crippen LogP contribution in [0.15, 0.2) is 40.8 Å². The second-order valence-electron chi connectivity index (χ2n) is 7.26. The number of rotatable bonds is 3. The summed E-state index contributed by atoms with van der Waals surface area (Å²) in [5, 5.41) is 0.701. The molecule has 0 amide bonds. The molecule has 1 saturated heterocycles. The van der Waals surface area contributed by atoms with Gasteiger partial charge >= 0.3 is 0 Å². The summed E-state index contributed by atoms with van der Waals surface area (Å²) >= 11 is 1.28. The van der Waals surface area contributed by atoms with E-state index in [2.05, 4.69) is 26.8 Å². The highest BCUT2D eigenvalue weighted by Gasteiger charge is 2.42. The summed E-state index contributed by atoms with van der Waals surface area (Å²) in [6.07, 6.45) is 13.0. The molecule has 4 rings (SSSR count). The number of nitrogens with zero attached hydrogens (tertiary/aromatic N) is 4. The number of pyridine rings is 1. The fourth-order valence-electron chi connectivity index (χ4n) is 4.32. The van der Waals surface area contributed by atoms with Gasteiger partial charge < -0.3 is 4.90 Å². The fraction of sp³-hybridized carbons (Fsp3) is 0.526. The molecule has 1 aliphatic carbocycles. The van der Waals surface area contributed by atoms with Gasteiger partial charge in [-0.05, 0) is 36.7 Å². The first-order chi connectivity index (χ1) is 12.2. The standard InChI is InChI=1S/C19H23FN4S/c1-14-3-2-5-19(14)6-9-24(10-7-19)17-12-23-18(13-22-17)25-16-4-8-21-11-15(16)20/h4,8,11-14H,2-3,5-7,9-10H2,1H3/t14-/m1/s1. The second kappa shape index (κ2) is 6.90. The molecule has 1 spiro atoms. The van der Waals surface area contributed by atoms with Crippen LogP contribution in [0.5, 0.6) is 0 Å². The Kier molecular flexibility index (Phi) is 4.63. The van der Waals surface area contributed by atoms with Crippen molar-refractivity contribution in [1.82, 2.24) is 15.0 Å². The van der Waals surface area contributed by atoms with Crippen LogP contribution in [-0.4, -0.2) is 28.0 Å². The van der Waals surface area contributed by atoms with Crippen molar-refractivity contribution in [3.8, 4) is 0 Å². The van der Waals surface area contributed by atoms with Crippen LogP contribution in [0.3, 0.4) is 0 Å². The first-order valence-electron chi connectivity index (χ1n) is 9.01. The molecule has 2 aromatic heterocycles. The molecular formula is C19H23FN4S. The molecule has 1 aliphatic heterocycles. The average Bonchev–Trinajstić information content (AvgIpc) is 2.99. The largest absolute Gasteiger partial charge is 0.355 e. The number of aromatic nitrogens is 3. The minimum atomic E-state index is -0.328. The molecule has 0 unspecified atom stereocenters. The van der Waals surface area contributed by atoms with Crippen molar-refractivity contribution >= 4 is 17.6 Å². The van der Waals surface area contributed by atoms with E-state index in [9.17, 15) is 4.39 Å². The Bertz CT molecular complexity index is 728. The number of hydrogen-bond donors (Lipinski definition) is 0. The number of hydrogen-bond acceptors (Lipinski definition) is 5. The maximum atomic E-state index is 13.7. The summed E-state index contributed by atoms with van der Waals surface area (Å²) in [7, 11) is 0. The maximum absolute atomic E-state index is 13.7. The van der Waals surface area contributed by atoms with Gasteiger partial charge in [-0.15, -0.1) is 0 Å². The first-order valence-corrected chi connectivity index (χ1v) is 9.82. The Morgan fingerprint density at radius 2 is 2.00 bits per heavy atom. The van der Waals surface area contributed by atoms with Crippen molar-refractivity contribution in [2.45, 2.75) is 48.9 Å². The van der Waals surface area contributed by atoms with Crippen LogP contribution in [-0.2, 0) is 0 Å². The lowest BCUT2D eigenvalue weighted by molar-refractivity contribution is 0.161. The topological polar surface area (TPSA) is 41.9 Å². The molecular weight excluding hydrogens is 335 g/mol. The fourth-order valence-corrected chi connectivity index (χ4v) is 5.04. The van der Waals surface area contributed by atoms with Gasteiger partial charge in [-0.2, -0.15) is 0 Å². The van der Waals surface area contributed by atoms with Gasteiger partial charge in [-0.1, -0.05) is 31.5 Å². The lowest BCUT2D eigenvalue weighted by atomic mass is 9.71. The average molecular weight is 358 g/mol. The van der Waals surface area contributed by atoms with Gasteiger partial charge in [0.2, 0.25) is 0 Å². The minimum Gasteiger partial charge on any atom is -0.355 e. The molecule has 0 radical (unpaired) electrons. The van der Waals surface area contributed by atoms with Gasteiger partial charge in [0, 0.05) is 19.3 Å². The van der Waals surface area contributed by atoms with E-state index in [0.29, 0.717) is 15.3 Å². The van der Waals surface area contributed by atoms with Crippen LogP contribution in [0.1, 0.15) is 39.0 Å². The van der Waals surface area contributed by atoms with E-state index in [1.54, 1.807) is 18.5 Å². The molecule has 2 fully saturated rings. The van der Waals surface area contributed by atoms with Crippen molar-refractivity contribution in [1.29, 1.82) is 0 Å². The highest BCUT2D eigenvalue weighted by molar-refractivity contribution is 7.99. The van der Waals surface area contributed by atoms with Crippen molar-refractivity contribution in [2.24, 2.45) is 11.3 Å². The van der Waals surface area contributed by atoms with Gasteiger partial charge in [0.1, 0.15) is 10.8 Å². The van der Waals surface area contributed by atoms with Crippen LogP contribution >= 0.6 is 11.8 Å². The Labute approximate surface area is 152 Å². The quantitative estimate of drug-likeness (QED) is 0.804. The summed E-state index contributed by atoms with van der Waals surface area (Å²) in [6, 6.07) is 1.66. The third kappa shape index (κ3) is 3.36. The molecule has 2 aliphatic rings. The Morgan fingerprint density at radius 3 is 2.64 bits per heavy atom. The van der Waals surface area contributed by atoms with Crippen LogP contribution < -0.4 is 4.90 Å². The zero-order chi connectivity index (χ0) is 17.3. The van der Waals surface area contributed by atoms with Crippen molar-refractivity contribution < 1.29 is 4.39 Å². The molecule has 0 aromatic carbocycles. The molecule has 0 bridgehead atoms. The number of piperidine rings is 1. The van der Waals surface area contributed by atoms with Crippen molar-refractivity contribution in [3.05, 3.63) is 36.7 Å². The van der Waals surface area contributed by atoms with E-state index in [0.717, 1.165) is 24.8 Å². The van der Waals surface area contributed by atoms with Gasteiger partial charge in [-0.25, -0.2) is 14.4 Å². The summed E-state index contributed by atoms with van der Waals surface area (Å²) in [4.78, 5) is 15.7. The van der Waals surface area contributed by atoms with Gasteiger partial charge in [0.15, 0.2) is 5.82 Å². The molecule has 25 heavy (non-hydrogen) atoms. The molecule has 6 heteroatoms. The third-order valence-electron chi connectivity index (χ3n) is 6.00. The monoisotopic (exact) mass is 358 g/mol. The molecule has 3 heterocycles. The minimum absolute atomic E-state index is 0.328. The number of anilines is 1. The Hall–Kier alpha value is -1.69. The van der Waals surface area contributed by atoms with Crippen LogP contribution in [0.25, 0.3) is 0 Å². The zero-order valence-corrected chi connectivity index (χ0v) is 15.3. The smallest absolute Gasteiger partial charge is 0.155 e. The van der Waals surface area contributed by atoms with E-state index in [1.165, 1.54) is 50.1 Å². The highest BCUT2D eigenvalue weighted by atomic mass is 32.2. The molecule has 1 saturated carbocycles. The summed E-state index contributed by atoms with van der Waals surface area (Å²) in [5.41, 5.74) is 0.568. The van der Waals surface area contributed by atoms with Gasteiger partial charge in [0.05, 0.1) is 23.5 Å². The van der Waals surface area contributed by atoms with E-state index < -0.39 is 0 Å². The predicted molar refractivity (Wildman–Crippen MR) is 97.2 cm³/mol. The third-order valence-corrected chi connectivity index (χ3v) is 6.98. The predicted octanol–water partition coefficient (Wildman–Crippen LogP) is 4.57. The van der Waals surface area contributed by atoms with Crippen molar-refractivity contribution in [3.63, 3.8) is 0 Å². The SMILES string of the molecule is C[C@@H]1CCCC12CCN(c1cnc(Sc3ccncc3F)cn1)CC2. The van der Waals surface area contributed by atoms with Crippen molar-refractivity contribution in [2.75, 3.05) is 18.0 Å². The normalized spacial score (nSPS) is 22.5. The molecule has 0 N–H and O–H groups in total. The maximum Gasteiger partial charge on any atom is 0.155 e. The lowest BCUT2D eigenvalue weighted by Crippen LogP contribution is -2.41. The van der Waals surface area contributed by atoms with E-state index in [4.69, 9.17) is 0 Å². The molecule has 1 atom stereocenters. The van der Waals surface area contributed by atoms with Gasteiger partial charge in [0.25, 0.3) is 0 Å². The summed E-state index contributed by atoms with van der Waals surface area (Å²) in [6.45, 7) is 4.54. The summed E-state index contributed by atoms with van der Waals surface area (Å²) in [5.74, 6) is 1.46. The zero-order valence-electron chi connectivity index (χ0n) is 14.5. The van der Waals surface area contributed by atoms with Gasteiger partial charge in [-0.3, -0.25) is 4.98 Å². The second-order valence-corrected chi connectivity index (χ2v) is 8.33. The molecule has 4 nitrogen and oxygen atoms in total. The summed E-state index contributed by atoms with van der Waals surface area (Å²) < 4.78 is 13.7.